The van der Waals surface area contributed by atoms with E-state index >= 15 is 4.79 Å². The summed E-state index contributed by atoms with van der Waals surface area (Å²) in [5.41, 5.74) is 17.5. The van der Waals surface area contributed by atoms with Crippen LogP contribution >= 0.6 is 0 Å². The number of Topliss-reactive ketones (excluding diaryl/α,β-unsaturated/α-hetero) is 3. The summed E-state index contributed by atoms with van der Waals surface area (Å²) in [7, 11) is 6.04. The minimum Gasteiger partial charge on any atom is -0.460 e. The van der Waals surface area contributed by atoms with Gasteiger partial charge in [-0.3, -0.25) is 28.8 Å². The Bertz CT molecular complexity index is 4510. The number of nitrogens with one attached hydrogen (secondary N) is 1. The third-order valence-electron chi connectivity index (χ3n) is 24.3. The number of oxime groups is 1. The molecule has 1 saturated carbocycles. The standard InChI is InChI=1S/C92H137N13O23/c1-59-21-14-12-15-22-60(2)76(115-8)54-70-29-26-65(7)92(114,128-70)86(111)89(112)103-35-19-17-24-74(103)90(113)126-77(55-71(101-118-11)61(3)50-64(6)84(110)85(117-10)83(109)63(5)49-59)62(4)51-66-27-30-73(78(52-66)116-9)105-56-68(99-102-105)57-125-80(108)25-20-37-119-41-45-123-47-43-121-39-33-79(107)95-34-40-122-44-48-124-46-42-120-38-32-69(106)23-16-13-18-36-104-88-81(87(93)96-58-97-88)82(100-104)67-28-31-75-72(53-67)98-91(94)127-75/h12,14-15,21-22,28,31,50,53,56,58-59,61-63,65-66,70,73-74,76-78,84-85,110,114H,13,16-20,23-27,29-30,32-49,51-52,54-55,57H2,1-11H3,(H2,94,98)(H,95,107)(H2,93,96,97)/b15-12+,21-14+,60-22+,64-50+,101-71-/t59-,61-,62-,63-,65-,66+,70+,73+,74+,76+,77+,78-,84-,85+,92-/m1/s1. The number of esters is 2. The Hall–Kier alpha value is -9.18. The minimum absolute atomic E-state index is 0.00582. The van der Waals surface area contributed by atoms with E-state index in [0.717, 1.165) is 36.8 Å². The Kier molecular flexibility index (Phi) is 42.6. The second-order valence-electron chi connectivity index (χ2n) is 34.0. The van der Waals surface area contributed by atoms with E-state index in [1.54, 1.807) is 51.1 Å². The zero-order chi connectivity index (χ0) is 92.1. The number of aliphatic hydroxyl groups excluding tert-OH is 1. The van der Waals surface area contributed by atoms with Crippen molar-refractivity contribution in [2.45, 2.75) is 245 Å². The first-order chi connectivity index (χ1) is 61.7. The fourth-order valence-electron chi connectivity index (χ4n) is 16.9. The number of piperidine rings is 1. The van der Waals surface area contributed by atoms with Crippen LogP contribution in [0.4, 0.5) is 11.8 Å². The maximum Gasteiger partial charge on any atom is 0.329 e. The number of benzene rings is 1. The molecular weight excluding hydrogens is 1660 g/mol. The fourth-order valence-corrected chi connectivity index (χ4v) is 16.9. The van der Waals surface area contributed by atoms with Gasteiger partial charge in [-0.05, 0) is 144 Å². The summed E-state index contributed by atoms with van der Waals surface area (Å²) in [6, 6.07) is 4.21. The van der Waals surface area contributed by atoms with Gasteiger partial charge in [0.15, 0.2) is 17.0 Å². The number of allylic oxidation sites excluding steroid dienone is 6. The van der Waals surface area contributed by atoms with Gasteiger partial charge >= 0.3 is 11.9 Å². The number of nitrogen functional groups attached to an aromatic ring is 2. The van der Waals surface area contributed by atoms with Crippen LogP contribution in [0.2, 0.25) is 0 Å². The first-order valence-electron chi connectivity index (χ1n) is 45.2. The number of aliphatic hydroxyl groups is 2. The highest BCUT2D eigenvalue weighted by molar-refractivity contribution is 6.39. The lowest BCUT2D eigenvalue weighted by Crippen LogP contribution is -2.61. The summed E-state index contributed by atoms with van der Waals surface area (Å²) in [6.07, 6.45) is 19.3. The maximum atomic E-state index is 15.0. The molecule has 128 heavy (non-hydrogen) atoms. The number of hydrogen-bond acceptors (Lipinski definition) is 32. The van der Waals surface area contributed by atoms with E-state index < -0.39 is 83.7 Å². The molecule has 2 saturated heterocycles. The number of unbranched alkanes of at least 4 members (excludes halogenated alkanes) is 2. The van der Waals surface area contributed by atoms with Crippen LogP contribution in [0.5, 0.6) is 0 Å². The van der Waals surface area contributed by atoms with Crippen molar-refractivity contribution in [2.75, 3.05) is 132 Å². The van der Waals surface area contributed by atoms with Gasteiger partial charge in [0.05, 0.1) is 114 Å². The number of hydrogen-bond donors (Lipinski definition) is 5. The number of fused-ring (bicyclic) bond motifs is 5. The summed E-state index contributed by atoms with van der Waals surface area (Å²) in [4.78, 5) is 116. The normalized spacial score (nSPS) is 26.6. The second kappa shape index (κ2) is 53.2. The molecule has 36 heteroatoms. The van der Waals surface area contributed by atoms with Crippen molar-refractivity contribution in [3.05, 3.63) is 84.0 Å². The molecule has 708 valence electrons. The average Bonchev–Trinajstić information content (AvgIpc) is 1.47. The molecule has 15 atom stereocenters. The third kappa shape index (κ3) is 31.0. The van der Waals surface area contributed by atoms with Gasteiger partial charge in [0.25, 0.3) is 17.7 Å². The van der Waals surface area contributed by atoms with Gasteiger partial charge in [-0.2, -0.15) is 10.1 Å². The number of ketones is 3. The second-order valence-corrected chi connectivity index (χ2v) is 34.0. The SMILES string of the molecule is CO/N=C1/C[C@@H]([C@H](C)C[C@@H]2CC[C@H](n3cc(COC(=O)CCCOCCOCCOCCC(=O)NCCOCCOCCOCCC(=O)CCCCCn4nc(-c5ccc6oc(N)nc6c5)c5c(N)ncnc54)nn3)[C@H](OC)C2)OC(=O)[C@@H]2CCCCN2C(=O)C(=O)[C@]2(O)O[C@@H](CC[C@H]2C)C[C@H](OC)/C(C)=C/C=C/C=C/[C@@H](C)C[C@@H](C)C(=O)[C@H](OC)[C@H](O)/C(C)=C/[C@H]1C. The van der Waals surface area contributed by atoms with E-state index in [0.29, 0.717) is 213 Å². The summed E-state index contributed by atoms with van der Waals surface area (Å²) in [5.74, 6) is -7.75. The van der Waals surface area contributed by atoms with Crippen LogP contribution in [0.15, 0.2) is 87.9 Å². The Labute approximate surface area is 749 Å². The van der Waals surface area contributed by atoms with Crippen molar-refractivity contribution < 1.29 is 110 Å². The predicted molar refractivity (Wildman–Crippen MR) is 474 cm³/mol. The largest absolute Gasteiger partial charge is 0.460 e. The number of cyclic esters (lactones) is 1. The summed E-state index contributed by atoms with van der Waals surface area (Å²) in [6.45, 7) is 17.8. The molecule has 1 aliphatic carbocycles. The molecule has 0 radical (unpaired) electrons. The number of methoxy groups -OCH3 is 3. The lowest BCUT2D eigenvalue weighted by atomic mass is 9.77. The Balaban J connectivity index is 0.626. The van der Waals surface area contributed by atoms with Crippen LogP contribution in [0.1, 0.15) is 189 Å². The van der Waals surface area contributed by atoms with Crippen LogP contribution < -0.4 is 16.8 Å². The summed E-state index contributed by atoms with van der Waals surface area (Å²) >= 11 is 0. The molecule has 5 aromatic rings. The Morgan fingerprint density at radius 2 is 1.48 bits per heavy atom. The number of carbonyl (C=O) groups is 7. The number of nitrogens with two attached hydrogens (primary N) is 2. The highest BCUT2D eigenvalue weighted by Crippen LogP contribution is 2.41. The Morgan fingerprint density at radius 1 is 0.758 bits per heavy atom. The molecule has 4 aromatic heterocycles. The van der Waals surface area contributed by atoms with Gasteiger partial charge in [-0.25, -0.2) is 24.1 Å². The molecule has 7 heterocycles. The number of carbonyl (C=O) groups excluding carboxylic acids is 7. The van der Waals surface area contributed by atoms with E-state index in [1.807, 2.05) is 81.8 Å². The van der Waals surface area contributed by atoms with Crippen molar-refractivity contribution in [3.63, 3.8) is 0 Å². The third-order valence-corrected chi connectivity index (χ3v) is 24.3. The van der Waals surface area contributed by atoms with Crippen LogP contribution in [0, 0.1) is 35.5 Å². The van der Waals surface area contributed by atoms with Gasteiger partial charge in [-0.1, -0.05) is 87.9 Å². The molecule has 2 amide bonds. The highest BCUT2D eigenvalue weighted by atomic mass is 16.6. The van der Waals surface area contributed by atoms with E-state index in [2.05, 4.69) is 35.7 Å². The molecule has 3 fully saturated rings. The zero-order valence-corrected chi connectivity index (χ0v) is 76.5. The van der Waals surface area contributed by atoms with Crippen molar-refractivity contribution in [1.29, 1.82) is 0 Å². The van der Waals surface area contributed by atoms with E-state index in [-0.39, 0.29) is 98.8 Å². The number of ether oxygens (including phenoxy) is 12. The first kappa shape index (κ1) is 103. The van der Waals surface area contributed by atoms with Gasteiger partial charge in [-0.15, -0.1) is 5.10 Å². The molecule has 4 aliphatic rings. The first-order valence-corrected chi connectivity index (χ1v) is 45.2. The van der Waals surface area contributed by atoms with Crippen LogP contribution in [0.3, 0.4) is 0 Å². The number of amides is 2. The maximum absolute atomic E-state index is 15.0. The number of anilines is 2. The average molecular weight is 1790 g/mol. The molecule has 9 rings (SSSR count). The number of oxazole rings is 1. The Morgan fingerprint density at radius 3 is 2.21 bits per heavy atom. The van der Waals surface area contributed by atoms with Crippen molar-refractivity contribution >= 4 is 80.8 Å². The zero-order valence-electron chi connectivity index (χ0n) is 76.5. The number of aromatic nitrogens is 8. The van der Waals surface area contributed by atoms with Gasteiger partial charge in [0.1, 0.15) is 72.9 Å². The van der Waals surface area contributed by atoms with Crippen LogP contribution in [-0.4, -0.2) is 271 Å². The highest BCUT2D eigenvalue weighted by Gasteiger charge is 2.53. The van der Waals surface area contributed by atoms with Crippen molar-refractivity contribution in [2.24, 2.45) is 40.7 Å². The minimum atomic E-state index is -2.47. The van der Waals surface area contributed by atoms with Crippen LogP contribution in [-0.2, 0) is 108 Å². The van der Waals surface area contributed by atoms with Gasteiger partial charge < -0.3 is 98.0 Å². The molecule has 7 N–H and O–H groups in total. The quantitative estimate of drug-likeness (QED) is 0.00797. The monoisotopic (exact) mass is 1790 g/mol. The number of rotatable bonds is 42. The van der Waals surface area contributed by atoms with E-state index in [9.17, 15) is 39.0 Å². The lowest BCUT2D eigenvalue weighted by Gasteiger charge is -2.42. The molecule has 36 nitrogen and oxygen atoms in total. The smallest absolute Gasteiger partial charge is 0.329 e. The topological polar surface area (TPSA) is 460 Å². The van der Waals surface area contributed by atoms with Gasteiger partial charge in [0, 0.05) is 109 Å². The molecule has 3 aliphatic heterocycles. The molecular formula is C92H137N13O23. The number of aryl methyl sites for hydroxylation is 1. The number of nitrogens with zero attached hydrogens (tertiary/aromatic N) is 10. The predicted octanol–water partition coefficient (Wildman–Crippen LogP) is 9.85. The van der Waals surface area contributed by atoms with Gasteiger partial charge in [0.2, 0.25) is 11.7 Å². The molecule has 0 unspecified atom stereocenters. The summed E-state index contributed by atoms with van der Waals surface area (Å²) < 4.78 is 78.8. The van der Waals surface area contributed by atoms with Crippen molar-refractivity contribution in [3.8, 4) is 11.3 Å². The van der Waals surface area contributed by atoms with Crippen LogP contribution in [0.25, 0.3) is 33.4 Å². The van der Waals surface area contributed by atoms with E-state index in [4.69, 9.17) is 82.7 Å². The molecule has 1 aromatic carbocycles. The van der Waals surface area contributed by atoms with E-state index in [1.165, 1.54) is 25.4 Å². The van der Waals surface area contributed by atoms with Crippen molar-refractivity contribution in [1.82, 2.24) is 49.9 Å². The molecule has 0 spiro atoms. The fraction of sp³-hybridized carbons (Fsp3) is 0.674. The molecule has 2 bridgehead atoms. The summed E-state index contributed by atoms with van der Waals surface area (Å²) in [5, 5.41) is 45.6. The lowest BCUT2D eigenvalue weighted by molar-refractivity contribution is -0.265.